The minimum absolute atomic E-state index is 0.0798. The zero-order valence-electron chi connectivity index (χ0n) is 42.3. The van der Waals surface area contributed by atoms with E-state index in [0.717, 1.165) is 22.5 Å². The van der Waals surface area contributed by atoms with Gasteiger partial charge in [-0.05, 0) is 88.6 Å². The highest BCUT2D eigenvalue weighted by Crippen LogP contribution is 2.43. The van der Waals surface area contributed by atoms with Crippen LogP contribution < -0.4 is 39.8 Å². The van der Waals surface area contributed by atoms with Gasteiger partial charge in [-0.15, -0.1) is 0 Å². The van der Waals surface area contributed by atoms with Crippen molar-refractivity contribution in [3.8, 4) is 23.0 Å². The molecule has 6 amide bonds. The number of anilines is 2. The molecule has 3 aromatic rings. The molecular formula is C53H65N7O12. The topological polar surface area (TPSA) is 227 Å². The quantitative estimate of drug-likeness (QED) is 0.0891. The molecule has 4 aliphatic rings. The van der Waals surface area contributed by atoms with Crippen LogP contribution in [0.4, 0.5) is 21.9 Å². The third-order valence-electron chi connectivity index (χ3n) is 12.9. The molecule has 4 heterocycles. The number of nitrogens with zero attached hydrogens (tertiary/aromatic N) is 4. The SMILES string of the molecule is COc1cc2c(cc1OCCCCCOc1cc3c(cc1OC)C(=O)N1C=C(C)C[C@H]1[C@H](O)N3C(=O)OCc1ccc(NC(=O)[C@H](C)NC(=O)[C@@H](NC(=O)C(C)C)C(C)C)cc1)N=C[C@@H]1CC(C)=CN1C2=O. The van der Waals surface area contributed by atoms with Gasteiger partial charge in [-0.2, -0.15) is 0 Å². The molecule has 0 spiro atoms. The summed E-state index contributed by atoms with van der Waals surface area (Å²) >= 11 is 0. The van der Waals surface area contributed by atoms with Crippen molar-refractivity contribution in [2.45, 2.75) is 118 Å². The Balaban J connectivity index is 0.963. The number of benzene rings is 3. The summed E-state index contributed by atoms with van der Waals surface area (Å²) in [6.07, 6.45) is 5.95. The van der Waals surface area contributed by atoms with Crippen LogP contribution >= 0.6 is 0 Å². The van der Waals surface area contributed by atoms with E-state index in [9.17, 15) is 33.9 Å². The van der Waals surface area contributed by atoms with Gasteiger partial charge < -0.3 is 54.5 Å². The molecule has 0 bridgehead atoms. The summed E-state index contributed by atoms with van der Waals surface area (Å²) in [5.41, 5.74) is 4.07. The highest BCUT2D eigenvalue weighted by atomic mass is 16.6. The van der Waals surface area contributed by atoms with E-state index in [4.69, 9.17) is 23.7 Å². The number of hydrogen-bond donors (Lipinski definition) is 4. The molecule has 7 rings (SSSR count). The molecule has 5 atom stereocenters. The van der Waals surface area contributed by atoms with Crippen molar-refractivity contribution in [2.24, 2.45) is 16.8 Å². The van der Waals surface area contributed by atoms with Gasteiger partial charge in [0.2, 0.25) is 17.7 Å². The van der Waals surface area contributed by atoms with Crippen LogP contribution in [0.2, 0.25) is 0 Å². The van der Waals surface area contributed by atoms with Crippen molar-refractivity contribution in [1.82, 2.24) is 20.4 Å². The van der Waals surface area contributed by atoms with Crippen molar-refractivity contribution in [2.75, 3.05) is 37.7 Å². The zero-order valence-corrected chi connectivity index (χ0v) is 42.3. The maximum Gasteiger partial charge on any atom is 0.416 e. The maximum atomic E-state index is 14.1. The predicted octanol–water partition coefficient (Wildman–Crippen LogP) is 7.00. The van der Waals surface area contributed by atoms with Crippen molar-refractivity contribution in [3.63, 3.8) is 0 Å². The van der Waals surface area contributed by atoms with Crippen LogP contribution in [-0.4, -0.2) is 115 Å². The first-order chi connectivity index (χ1) is 34.4. The fourth-order valence-corrected chi connectivity index (χ4v) is 8.80. The van der Waals surface area contributed by atoms with Crippen LogP contribution in [0.25, 0.3) is 0 Å². The second-order valence-electron chi connectivity index (χ2n) is 19.1. The first-order valence-corrected chi connectivity index (χ1v) is 24.3. The van der Waals surface area contributed by atoms with E-state index in [0.29, 0.717) is 66.3 Å². The van der Waals surface area contributed by atoms with E-state index >= 15 is 0 Å². The van der Waals surface area contributed by atoms with Gasteiger partial charge in [0.15, 0.2) is 29.2 Å². The van der Waals surface area contributed by atoms with Crippen LogP contribution in [0.3, 0.4) is 0 Å². The third-order valence-corrected chi connectivity index (χ3v) is 12.9. The summed E-state index contributed by atoms with van der Waals surface area (Å²) in [6.45, 7) is 12.8. The second kappa shape index (κ2) is 22.8. The molecule has 0 fully saturated rings. The predicted molar refractivity (Wildman–Crippen MR) is 269 cm³/mol. The number of methoxy groups -OCH3 is 2. The first kappa shape index (κ1) is 52.4. The molecule has 0 aromatic heterocycles. The molecule has 19 heteroatoms. The van der Waals surface area contributed by atoms with Gasteiger partial charge in [0.1, 0.15) is 18.7 Å². The number of carbonyl (C=O) groups is 6. The molecule has 0 saturated heterocycles. The average molecular weight is 992 g/mol. The largest absolute Gasteiger partial charge is 0.493 e. The highest BCUT2D eigenvalue weighted by Gasteiger charge is 2.45. The molecule has 19 nitrogen and oxygen atoms in total. The minimum Gasteiger partial charge on any atom is -0.493 e. The van der Waals surface area contributed by atoms with Crippen molar-refractivity contribution in [3.05, 3.63) is 88.8 Å². The van der Waals surface area contributed by atoms with Crippen LogP contribution in [0.15, 0.2) is 77.1 Å². The molecular weight excluding hydrogens is 927 g/mol. The highest BCUT2D eigenvalue weighted by molar-refractivity contribution is 6.07. The van der Waals surface area contributed by atoms with Crippen LogP contribution in [0, 0.1) is 11.8 Å². The van der Waals surface area contributed by atoms with E-state index in [1.54, 1.807) is 81.4 Å². The van der Waals surface area contributed by atoms with Crippen molar-refractivity contribution in [1.29, 1.82) is 0 Å². The summed E-state index contributed by atoms with van der Waals surface area (Å²) in [5, 5.41) is 20.0. The number of carbonyl (C=O) groups excluding carboxylic acids is 6. The first-order valence-electron chi connectivity index (χ1n) is 24.3. The number of hydrogen-bond acceptors (Lipinski definition) is 13. The maximum absolute atomic E-state index is 14.1. The lowest BCUT2D eigenvalue weighted by molar-refractivity contribution is -0.132. The zero-order chi connectivity index (χ0) is 52.0. The van der Waals surface area contributed by atoms with Crippen molar-refractivity contribution < 1.29 is 57.6 Å². The molecule has 4 N–H and O–H groups in total. The van der Waals surface area contributed by atoms with Crippen LogP contribution in [0.5, 0.6) is 23.0 Å². The summed E-state index contributed by atoms with van der Waals surface area (Å²) in [5.74, 6) is -0.913. The van der Waals surface area contributed by atoms with Gasteiger partial charge in [0.05, 0.1) is 62.0 Å². The molecule has 3 aromatic carbocycles. The number of aliphatic hydroxyl groups is 1. The monoisotopic (exact) mass is 991 g/mol. The number of nitrogens with one attached hydrogen (secondary N) is 3. The van der Waals surface area contributed by atoms with Gasteiger partial charge in [0, 0.05) is 42.4 Å². The van der Waals surface area contributed by atoms with E-state index in [2.05, 4.69) is 20.9 Å². The molecule has 72 heavy (non-hydrogen) atoms. The normalized spacial score (nSPS) is 18.7. The summed E-state index contributed by atoms with van der Waals surface area (Å²) in [6, 6.07) is 10.3. The Morgan fingerprint density at radius 3 is 1.99 bits per heavy atom. The Hall–Kier alpha value is -7.41. The van der Waals surface area contributed by atoms with Crippen molar-refractivity contribution >= 4 is 58.9 Å². The number of aliphatic imine (C=N–C) groups is 1. The Bertz CT molecular complexity index is 2660. The Morgan fingerprint density at radius 1 is 0.736 bits per heavy atom. The molecule has 0 aliphatic carbocycles. The van der Waals surface area contributed by atoms with Gasteiger partial charge in [-0.3, -0.25) is 29.0 Å². The van der Waals surface area contributed by atoms with E-state index < -0.39 is 48.2 Å². The Labute approximate surface area is 419 Å². The van der Waals surface area contributed by atoms with Crippen LogP contribution in [-0.2, 0) is 25.7 Å². The number of rotatable bonds is 19. The molecule has 0 radical (unpaired) electrons. The average Bonchev–Trinajstić information content (AvgIpc) is 3.89. The van der Waals surface area contributed by atoms with Gasteiger partial charge >= 0.3 is 6.09 Å². The van der Waals surface area contributed by atoms with Gasteiger partial charge in [-0.1, -0.05) is 51.0 Å². The fraction of sp³-hybridized carbons (Fsp3) is 0.453. The summed E-state index contributed by atoms with van der Waals surface area (Å²) in [7, 11) is 2.98. The van der Waals surface area contributed by atoms with E-state index in [1.807, 2.05) is 20.0 Å². The molecule has 384 valence electrons. The Kier molecular flexibility index (Phi) is 16.6. The lowest BCUT2D eigenvalue weighted by Gasteiger charge is -2.31. The molecule has 4 aliphatic heterocycles. The van der Waals surface area contributed by atoms with Crippen LogP contribution in [0.1, 0.15) is 107 Å². The summed E-state index contributed by atoms with van der Waals surface area (Å²) in [4.78, 5) is 88.7. The number of aliphatic hydroxyl groups excluding tert-OH is 1. The third kappa shape index (κ3) is 11.7. The summed E-state index contributed by atoms with van der Waals surface area (Å²) < 4.78 is 29.4. The van der Waals surface area contributed by atoms with E-state index in [1.165, 1.54) is 38.2 Å². The molecule has 0 unspecified atom stereocenters. The molecule has 0 saturated carbocycles. The number of ether oxygens (including phenoxy) is 5. The lowest BCUT2D eigenvalue weighted by atomic mass is 10.0. The number of fused-ring (bicyclic) bond motifs is 4. The van der Waals surface area contributed by atoms with Gasteiger partial charge in [-0.25, -0.2) is 9.69 Å². The lowest BCUT2D eigenvalue weighted by Crippen LogP contribution is -2.54. The number of amides is 6. The minimum atomic E-state index is -1.50. The van der Waals surface area contributed by atoms with Gasteiger partial charge in [0.25, 0.3) is 11.8 Å². The fourth-order valence-electron chi connectivity index (χ4n) is 8.80. The number of unbranched alkanes of at least 4 members (excludes halogenated alkanes) is 2. The smallest absolute Gasteiger partial charge is 0.416 e. The van der Waals surface area contributed by atoms with E-state index in [-0.39, 0.29) is 65.7 Å². The standard InChI is InChI=1S/C53H65N7O12/c1-29(2)46(57-47(61)30(3)4)49(63)55-33(7)48(62)56-35-15-13-34(14-16-35)28-72-53(67)60-40-24-45(43(69-9)22-38(40)51(65)59-27-32(6)20-41(59)52(60)66)71-18-12-10-11-17-70-44-23-39-37(21-42(44)68-8)50(64)58-26-31(5)19-36(58)25-54-39/h13-16,21-27,29-30,33,36,41,46,52,66H,10-12,17-20,28H2,1-9H3,(H,55,63)(H,56,62)(H,57,61)/t33-,36-,41-,46-,52-/m0/s1. The Morgan fingerprint density at radius 2 is 1.35 bits per heavy atom. The second-order valence-corrected chi connectivity index (χ2v) is 19.1.